The number of hydrogen-bond acceptors (Lipinski definition) is 9. The van der Waals surface area contributed by atoms with Crippen molar-refractivity contribution in [2.45, 2.75) is 44.8 Å². The van der Waals surface area contributed by atoms with E-state index in [4.69, 9.17) is 19.9 Å². The van der Waals surface area contributed by atoms with Gasteiger partial charge in [0.1, 0.15) is 11.9 Å². The second-order valence-electron chi connectivity index (χ2n) is 8.18. The summed E-state index contributed by atoms with van der Waals surface area (Å²) in [5.74, 6) is 0.413. The van der Waals surface area contributed by atoms with Crippen molar-refractivity contribution in [1.82, 2.24) is 19.9 Å². The van der Waals surface area contributed by atoms with Gasteiger partial charge in [0.2, 0.25) is 5.95 Å². The molecule has 2 aromatic rings. The molecule has 0 spiro atoms. The minimum Gasteiger partial charge on any atom is -0.460 e. The predicted molar refractivity (Wildman–Crippen MR) is 109 cm³/mol. The molecule has 2 N–H and O–H groups in total. The number of hydrogen-bond donors (Lipinski definition) is 1. The number of nitrogens with two attached hydrogens (primary N) is 1. The normalized spacial score (nSPS) is 19.6. The average Bonchev–Trinajstić information content (AvgIpc) is 2.74. The maximum Gasteiger partial charge on any atom is 0.322 e. The second kappa shape index (κ2) is 8.83. The van der Waals surface area contributed by atoms with E-state index in [-0.39, 0.29) is 34.9 Å². The fourth-order valence-corrected chi connectivity index (χ4v) is 3.67. The molecule has 2 fully saturated rings. The molecule has 0 atom stereocenters. The van der Waals surface area contributed by atoms with E-state index >= 15 is 0 Å². The van der Waals surface area contributed by atoms with Gasteiger partial charge in [0.25, 0.3) is 6.43 Å². The van der Waals surface area contributed by atoms with E-state index in [1.165, 1.54) is 6.20 Å². The van der Waals surface area contributed by atoms with Gasteiger partial charge in [0.15, 0.2) is 5.82 Å². The van der Waals surface area contributed by atoms with E-state index in [1.807, 2.05) is 18.7 Å². The van der Waals surface area contributed by atoms with E-state index in [1.54, 1.807) is 0 Å². The second-order valence-corrected chi connectivity index (χ2v) is 8.18. The Balaban J connectivity index is 1.78. The minimum atomic E-state index is -2.76. The van der Waals surface area contributed by atoms with E-state index in [0.29, 0.717) is 51.8 Å². The number of anilines is 2. The Morgan fingerprint density at radius 2 is 1.94 bits per heavy atom. The predicted octanol–water partition coefficient (Wildman–Crippen LogP) is 2.63. The zero-order valence-corrected chi connectivity index (χ0v) is 17.6. The maximum absolute atomic E-state index is 13.7. The van der Waals surface area contributed by atoms with Crippen LogP contribution in [0.2, 0.25) is 0 Å². The molecule has 168 valence electrons. The maximum atomic E-state index is 13.7. The molecule has 2 aliphatic heterocycles. The van der Waals surface area contributed by atoms with Gasteiger partial charge < -0.3 is 24.8 Å². The highest BCUT2D eigenvalue weighted by atomic mass is 19.3. The Kier molecular flexibility index (Phi) is 6.15. The van der Waals surface area contributed by atoms with Gasteiger partial charge in [-0.25, -0.2) is 13.8 Å². The Morgan fingerprint density at radius 3 is 2.65 bits per heavy atom. The van der Waals surface area contributed by atoms with Gasteiger partial charge in [-0.05, 0) is 19.9 Å². The molecule has 0 aromatic carbocycles. The number of nitrogen functional groups attached to an aromatic ring is 1. The summed E-state index contributed by atoms with van der Waals surface area (Å²) in [7, 11) is 0. The van der Waals surface area contributed by atoms with Crippen LogP contribution in [0.25, 0.3) is 11.4 Å². The standard InChI is InChI=1S/C20H26F2N6O3/c1-20(2)11-30-8-5-28(20)18-25-17(14-10-24-15(23)9-13(14)16(21)22)26-19(27-18)31-12-3-6-29-7-4-12/h9-10,12,16H,3-8,11H2,1-2H3,(H2,23,24). The smallest absolute Gasteiger partial charge is 0.322 e. The molecule has 0 radical (unpaired) electrons. The van der Waals surface area contributed by atoms with Crippen LogP contribution in [0.15, 0.2) is 12.3 Å². The number of nitrogens with zero attached hydrogens (tertiary/aromatic N) is 5. The van der Waals surface area contributed by atoms with Crippen molar-refractivity contribution in [2.75, 3.05) is 43.6 Å². The summed E-state index contributed by atoms with van der Waals surface area (Å²) in [6.45, 7) is 6.72. The Hall–Kier alpha value is -2.66. The van der Waals surface area contributed by atoms with Gasteiger partial charge in [-0.15, -0.1) is 0 Å². The lowest BCUT2D eigenvalue weighted by atomic mass is 10.0. The summed E-state index contributed by atoms with van der Waals surface area (Å²) in [5.41, 5.74) is 5.04. The molecule has 0 saturated carbocycles. The largest absolute Gasteiger partial charge is 0.460 e. The van der Waals surface area contributed by atoms with E-state index in [9.17, 15) is 8.78 Å². The van der Waals surface area contributed by atoms with Crippen molar-refractivity contribution in [3.05, 3.63) is 17.8 Å². The Labute approximate surface area is 179 Å². The van der Waals surface area contributed by atoms with Crippen molar-refractivity contribution in [2.24, 2.45) is 0 Å². The summed E-state index contributed by atoms with van der Waals surface area (Å²) in [6.07, 6.45) is -0.219. The number of halogens is 2. The molecule has 0 aliphatic carbocycles. The minimum absolute atomic E-state index is 0.00122. The lowest BCUT2D eigenvalue weighted by molar-refractivity contribution is 0.0215. The van der Waals surface area contributed by atoms with Gasteiger partial charge in [-0.3, -0.25) is 0 Å². The molecular formula is C20H26F2N6O3. The van der Waals surface area contributed by atoms with Crippen LogP contribution in [0.3, 0.4) is 0 Å². The van der Waals surface area contributed by atoms with Crippen molar-refractivity contribution < 1.29 is 23.0 Å². The molecule has 4 heterocycles. The van der Waals surface area contributed by atoms with Crippen LogP contribution in [-0.4, -0.2) is 64.6 Å². The summed E-state index contributed by atoms with van der Waals surface area (Å²) in [4.78, 5) is 19.3. The highest BCUT2D eigenvalue weighted by Crippen LogP contribution is 2.33. The molecule has 2 aliphatic rings. The molecular weight excluding hydrogens is 410 g/mol. The molecule has 2 aromatic heterocycles. The first-order valence-corrected chi connectivity index (χ1v) is 10.2. The number of ether oxygens (including phenoxy) is 3. The quantitative estimate of drug-likeness (QED) is 0.756. The van der Waals surface area contributed by atoms with Crippen LogP contribution >= 0.6 is 0 Å². The zero-order valence-electron chi connectivity index (χ0n) is 17.6. The van der Waals surface area contributed by atoms with Crippen molar-refractivity contribution >= 4 is 11.8 Å². The summed E-state index contributed by atoms with van der Waals surface area (Å²) in [6, 6.07) is 1.23. The monoisotopic (exact) mass is 436 g/mol. The van der Waals surface area contributed by atoms with Crippen LogP contribution in [0.1, 0.15) is 38.7 Å². The van der Waals surface area contributed by atoms with E-state index in [0.717, 1.165) is 6.07 Å². The molecule has 4 rings (SSSR count). The van der Waals surface area contributed by atoms with Crippen molar-refractivity contribution in [3.8, 4) is 17.4 Å². The number of aromatic nitrogens is 4. The SMILES string of the molecule is CC1(C)COCCN1c1nc(OC2CCOCC2)nc(-c2cnc(N)cc2C(F)F)n1. The molecule has 31 heavy (non-hydrogen) atoms. The van der Waals surface area contributed by atoms with Gasteiger partial charge >= 0.3 is 6.01 Å². The first-order chi connectivity index (χ1) is 14.8. The molecule has 11 heteroatoms. The van der Waals surface area contributed by atoms with Gasteiger partial charge in [-0.2, -0.15) is 15.0 Å². The van der Waals surface area contributed by atoms with Crippen LogP contribution in [0, 0.1) is 0 Å². The number of pyridine rings is 1. The zero-order chi connectivity index (χ0) is 22.0. The third-order valence-corrected chi connectivity index (χ3v) is 5.36. The number of rotatable bonds is 5. The summed E-state index contributed by atoms with van der Waals surface area (Å²) < 4.78 is 44.4. The van der Waals surface area contributed by atoms with Gasteiger partial charge in [0, 0.05) is 36.7 Å². The topological polar surface area (TPSA) is 109 Å². The molecule has 0 amide bonds. The lowest BCUT2D eigenvalue weighted by Gasteiger charge is -2.42. The average molecular weight is 436 g/mol. The van der Waals surface area contributed by atoms with Gasteiger partial charge in [-0.1, -0.05) is 0 Å². The van der Waals surface area contributed by atoms with Crippen LogP contribution in [0.4, 0.5) is 20.5 Å². The number of morpholine rings is 1. The number of alkyl halides is 2. The van der Waals surface area contributed by atoms with E-state index < -0.39 is 12.0 Å². The van der Waals surface area contributed by atoms with Crippen molar-refractivity contribution in [3.63, 3.8) is 0 Å². The van der Waals surface area contributed by atoms with Crippen LogP contribution in [0.5, 0.6) is 6.01 Å². The van der Waals surface area contributed by atoms with E-state index in [2.05, 4.69) is 19.9 Å². The Bertz CT molecular complexity index is 924. The van der Waals surface area contributed by atoms with Gasteiger partial charge in [0.05, 0.1) is 32.0 Å². The van der Waals surface area contributed by atoms with Crippen LogP contribution in [-0.2, 0) is 9.47 Å². The van der Waals surface area contributed by atoms with Crippen LogP contribution < -0.4 is 15.4 Å². The third-order valence-electron chi connectivity index (χ3n) is 5.36. The molecule has 2 saturated heterocycles. The van der Waals surface area contributed by atoms with Crippen molar-refractivity contribution in [1.29, 1.82) is 0 Å². The summed E-state index contributed by atoms with van der Waals surface area (Å²) >= 11 is 0. The molecule has 9 nitrogen and oxygen atoms in total. The first-order valence-electron chi connectivity index (χ1n) is 10.2. The first kappa shape index (κ1) is 21.6. The molecule has 0 bridgehead atoms. The lowest BCUT2D eigenvalue weighted by Crippen LogP contribution is -2.54. The fraction of sp³-hybridized carbons (Fsp3) is 0.600. The highest BCUT2D eigenvalue weighted by molar-refractivity contribution is 5.63. The summed E-state index contributed by atoms with van der Waals surface area (Å²) in [5, 5.41) is 0. The fourth-order valence-electron chi connectivity index (χ4n) is 3.67. The highest BCUT2D eigenvalue weighted by Gasteiger charge is 2.34. The Morgan fingerprint density at radius 1 is 1.16 bits per heavy atom. The molecule has 0 unspecified atom stereocenters. The third kappa shape index (κ3) is 4.82.